The molecule has 1 heterocycles. The van der Waals surface area contributed by atoms with E-state index in [-0.39, 0.29) is 17.2 Å². The highest BCUT2D eigenvalue weighted by Gasteiger charge is 2.20. The maximum absolute atomic E-state index is 12.2. The number of carbonyl (C=O) groups excluding carboxylic acids is 2. The predicted molar refractivity (Wildman–Crippen MR) is 99.1 cm³/mol. The number of hydrogen-bond acceptors (Lipinski definition) is 4. The largest absolute Gasteiger partial charge is 0.355 e. The van der Waals surface area contributed by atoms with Gasteiger partial charge in [0.25, 0.3) is 11.8 Å². The van der Waals surface area contributed by atoms with Gasteiger partial charge >= 0.3 is 0 Å². The van der Waals surface area contributed by atoms with Crippen molar-refractivity contribution in [3.63, 3.8) is 0 Å². The molecule has 2 aromatic rings. The molecule has 1 atom stereocenters. The van der Waals surface area contributed by atoms with Crippen LogP contribution in [-0.4, -0.2) is 37.6 Å². The van der Waals surface area contributed by atoms with Crippen LogP contribution in [-0.2, 0) is 16.8 Å². The number of amides is 2. The number of carbonyl (C=O) groups is 2. The molecule has 0 saturated carbocycles. The van der Waals surface area contributed by atoms with E-state index >= 15 is 0 Å². The van der Waals surface area contributed by atoms with Crippen molar-refractivity contribution in [3.05, 3.63) is 47.2 Å². The monoisotopic (exact) mass is 359 g/mol. The SMILES string of the molecule is CNC(=O)c1ccc(C[NH+](C)CC(=O)Nc2cc(C(C)(C)C)no2)cc1. The molecule has 0 aliphatic carbocycles. The van der Waals surface area contributed by atoms with E-state index in [1.165, 1.54) is 0 Å². The molecule has 1 unspecified atom stereocenters. The number of nitrogens with zero attached hydrogens (tertiary/aromatic N) is 1. The molecular weight excluding hydrogens is 332 g/mol. The number of likely N-dealkylation sites (N-methyl/N-ethyl adjacent to an activating group) is 1. The third kappa shape index (κ3) is 5.42. The first-order valence-corrected chi connectivity index (χ1v) is 8.58. The van der Waals surface area contributed by atoms with Crippen LogP contribution in [0, 0.1) is 0 Å². The molecule has 2 amide bonds. The van der Waals surface area contributed by atoms with Crippen molar-refractivity contribution in [2.24, 2.45) is 0 Å². The van der Waals surface area contributed by atoms with Gasteiger partial charge in [-0.1, -0.05) is 38.1 Å². The molecule has 7 heteroatoms. The van der Waals surface area contributed by atoms with Crippen LogP contribution in [0.2, 0.25) is 0 Å². The van der Waals surface area contributed by atoms with Crippen molar-refractivity contribution in [3.8, 4) is 0 Å². The fourth-order valence-electron chi connectivity index (χ4n) is 2.47. The average Bonchev–Trinajstić information content (AvgIpc) is 3.03. The van der Waals surface area contributed by atoms with Crippen LogP contribution in [0.5, 0.6) is 0 Å². The van der Waals surface area contributed by atoms with Gasteiger partial charge in [0.2, 0.25) is 5.88 Å². The summed E-state index contributed by atoms with van der Waals surface area (Å²) in [5, 5.41) is 9.32. The van der Waals surface area contributed by atoms with Crippen LogP contribution >= 0.6 is 0 Å². The van der Waals surface area contributed by atoms with Gasteiger partial charge in [-0.25, -0.2) is 0 Å². The average molecular weight is 359 g/mol. The second-order valence-electron chi connectivity index (χ2n) is 7.46. The maximum Gasteiger partial charge on any atom is 0.281 e. The molecule has 0 aliphatic rings. The minimum absolute atomic E-state index is 0.113. The van der Waals surface area contributed by atoms with Gasteiger partial charge in [-0.2, -0.15) is 0 Å². The van der Waals surface area contributed by atoms with Crippen molar-refractivity contribution in [1.29, 1.82) is 0 Å². The standard InChI is InChI=1S/C19H26N4O3/c1-19(2,3)15-10-17(26-22-15)21-16(24)12-23(5)11-13-6-8-14(9-7-13)18(25)20-4/h6-10H,11-12H2,1-5H3,(H,20,25)(H,21,24)/p+1. The highest BCUT2D eigenvalue weighted by atomic mass is 16.5. The molecule has 2 rings (SSSR count). The van der Waals surface area contributed by atoms with Gasteiger partial charge in [-0.3, -0.25) is 14.9 Å². The molecule has 0 radical (unpaired) electrons. The summed E-state index contributed by atoms with van der Waals surface area (Å²) in [7, 11) is 3.54. The van der Waals surface area contributed by atoms with Gasteiger partial charge in [-0.15, -0.1) is 0 Å². The topological polar surface area (TPSA) is 88.7 Å². The van der Waals surface area contributed by atoms with Crippen molar-refractivity contribution in [1.82, 2.24) is 10.5 Å². The Morgan fingerprint density at radius 3 is 2.38 bits per heavy atom. The summed E-state index contributed by atoms with van der Waals surface area (Å²) in [6, 6.07) is 9.12. The highest BCUT2D eigenvalue weighted by molar-refractivity contribution is 5.94. The van der Waals surface area contributed by atoms with Crippen LogP contribution in [0.3, 0.4) is 0 Å². The summed E-state index contributed by atoms with van der Waals surface area (Å²) < 4.78 is 5.18. The normalized spacial score (nSPS) is 12.5. The lowest BCUT2D eigenvalue weighted by atomic mass is 9.92. The minimum Gasteiger partial charge on any atom is -0.355 e. The number of quaternary nitrogens is 1. The zero-order valence-corrected chi connectivity index (χ0v) is 16.0. The van der Waals surface area contributed by atoms with E-state index in [1.807, 2.05) is 40.0 Å². The molecule has 7 nitrogen and oxygen atoms in total. The first-order valence-electron chi connectivity index (χ1n) is 8.58. The van der Waals surface area contributed by atoms with Gasteiger partial charge in [-0.05, 0) is 12.1 Å². The first-order chi connectivity index (χ1) is 12.2. The molecule has 0 saturated heterocycles. The molecule has 1 aromatic carbocycles. The molecule has 140 valence electrons. The van der Waals surface area contributed by atoms with Crippen LogP contribution in [0.1, 0.15) is 42.4 Å². The van der Waals surface area contributed by atoms with E-state index < -0.39 is 0 Å². The third-order valence-corrected chi connectivity index (χ3v) is 3.95. The van der Waals surface area contributed by atoms with Crippen molar-refractivity contribution < 1.29 is 19.0 Å². The van der Waals surface area contributed by atoms with Crippen molar-refractivity contribution in [2.75, 3.05) is 26.0 Å². The second kappa shape index (κ2) is 8.14. The van der Waals surface area contributed by atoms with Crippen molar-refractivity contribution >= 4 is 17.7 Å². The molecule has 0 fully saturated rings. The summed E-state index contributed by atoms with van der Waals surface area (Å²) in [4.78, 5) is 24.7. The fourth-order valence-corrected chi connectivity index (χ4v) is 2.47. The summed E-state index contributed by atoms with van der Waals surface area (Å²) in [6.07, 6.45) is 0. The fraction of sp³-hybridized carbons (Fsp3) is 0.421. The van der Waals surface area contributed by atoms with E-state index in [9.17, 15) is 9.59 Å². The van der Waals surface area contributed by atoms with Crippen molar-refractivity contribution in [2.45, 2.75) is 32.7 Å². The summed E-state index contributed by atoms with van der Waals surface area (Å²) in [6.45, 7) is 7.06. The molecular formula is C19H27N4O3+. The maximum atomic E-state index is 12.2. The Morgan fingerprint density at radius 2 is 1.85 bits per heavy atom. The summed E-state index contributed by atoms with van der Waals surface area (Å²) in [5.74, 6) is 0.113. The third-order valence-electron chi connectivity index (χ3n) is 3.95. The lowest BCUT2D eigenvalue weighted by molar-refractivity contribution is -0.885. The lowest BCUT2D eigenvalue weighted by Crippen LogP contribution is -3.08. The number of benzene rings is 1. The molecule has 0 bridgehead atoms. The van der Waals surface area contributed by atoms with Crippen LogP contribution in [0.4, 0.5) is 5.88 Å². The first kappa shape index (κ1) is 19.7. The Bertz CT molecular complexity index is 760. The van der Waals surface area contributed by atoms with E-state index in [1.54, 1.807) is 25.2 Å². The van der Waals surface area contributed by atoms with Crippen LogP contribution in [0.15, 0.2) is 34.9 Å². The zero-order valence-electron chi connectivity index (χ0n) is 16.0. The molecule has 1 aromatic heterocycles. The van der Waals surface area contributed by atoms with Gasteiger partial charge in [0.15, 0.2) is 6.54 Å². The summed E-state index contributed by atoms with van der Waals surface area (Å²) >= 11 is 0. The predicted octanol–water partition coefficient (Wildman–Crippen LogP) is 0.985. The Balaban J connectivity index is 1.87. The van der Waals surface area contributed by atoms with Gasteiger partial charge in [0.1, 0.15) is 6.54 Å². The Labute approximate surface area is 153 Å². The van der Waals surface area contributed by atoms with Crippen LogP contribution < -0.4 is 15.5 Å². The Morgan fingerprint density at radius 1 is 1.19 bits per heavy atom. The lowest BCUT2D eigenvalue weighted by Gasteiger charge is -2.13. The second-order valence-corrected chi connectivity index (χ2v) is 7.46. The Hall–Kier alpha value is -2.67. The number of aromatic nitrogens is 1. The van der Waals surface area contributed by atoms with Gasteiger partial charge in [0, 0.05) is 29.7 Å². The van der Waals surface area contributed by atoms with E-state index in [2.05, 4.69) is 15.8 Å². The summed E-state index contributed by atoms with van der Waals surface area (Å²) in [5.41, 5.74) is 2.34. The van der Waals surface area contributed by atoms with Crippen LogP contribution in [0.25, 0.3) is 0 Å². The number of rotatable bonds is 6. The zero-order chi connectivity index (χ0) is 19.3. The van der Waals surface area contributed by atoms with E-state index in [0.29, 0.717) is 24.5 Å². The van der Waals surface area contributed by atoms with E-state index in [4.69, 9.17) is 4.52 Å². The van der Waals surface area contributed by atoms with Gasteiger partial charge < -0.3 is 14.7 Å². The Kier molecular flexibility index (Phi) is 6.15. The smallest absolute Gasteiger partial charge is 0.281 e. The molecule has 26 heavy (non-hydrogen) atoms. The van der Waals surface area contributed by atoms with Gasteiger partial charge in [0.05, 0.1) is 12.7 Å². The number of hydrogen-bond donors (Lipinski definition) is 3. The molecule has 3 N–H and O–H groups in total. The highest BCUT2D eigenvalue weighted by Crippen LogP contribution is 2.23. The quantitative estimate of drug-likeness (QED) is 0.717. The minimum atomic E-state index is -0.138. The number of anilines is 1. The molecule has 0 aliphatic heterocycles. The molecule has 0 spiro atoms. The number of nitrogens with one attached hydrogen (secondary N) is 3. The van der Waals surface area contributed by atoms with E-state index in [0.717, 1.165) is 16.2 Å².